The molecule has 1 fully saturated rings. The van der Waals surface area contributed by atoms with Crippen molar-refractivity contribution >= 4 is 34.0 Å². The van der Waals surface area contributed by atoms with Gasteiger partial charge >= 0.3 is 0 Å². The Labute approximate surface area is 199 Å². The molecular weight excluding hydrogens is 441 g/mol. The molecule has 1 aliphatic rings. The molecule has 1 aliphatic heterocycles. The summed E-state index contributed by atoms with van der Waals surface area (Å²) in [6.07, 6.45) is 2.06. The minimum atomic E-state index is -0.0311. The van der Waals surface area contributed by atoms with Gasteiger partial charge in [-0.05, 0) is 67.5 Å². The molecule has 0 radical (unpaired) electrons. The van der Waals surface area contributed by atoms with Gasteiger partial charge < -0.3 is 15.0 Å². The highest BCUT2D eigenvalue weighted by Crippen LogP contribution is 2.38. The molecule has 0 bridgehead atoms. The first kappa shape index (κ1) is 22.9. The van der Waals surface area contributed by atoms with Crippen molar-refractivity contribution in [1.82, 2.24) is 10.2 Å². The normalized spacial score (nSPS) is 16.1. The molecule has 0 aliphatic carbocycles. The van der Waals surface area contributed by atoms with Gasteiger partial charge in [0.1, 0.15) is 11.8 Å². The van der Waals surface area contributed by atoms with Gasteiger partial charge in [0.05, 0.1) is 22.7 Å². The fourth-order valence-corrected chi connectivity index (χ4v) is 5.06. The molecule has 1 heterocycles. The molecule has 1 saturated heterocycles. The van der Waals surface area contributed by atoms with E-state index in [1.54, 1.807) is 7.11 Å². The Morgan fingerprint density at radius 2 is 1.84 bits per heavy atom. The van der Waals surface area contributed by atoms with Crippen molar-refractivity contribution in [1.29, 1.82) is 5.26 Å². The van der Waals surface area contributed by atoms with E-state index in [1.165, 1.54) is 5.56 Å². The summed E-state index contributed by atoms with van der Waals surface area (Å²) in [5, 5.41) is 16.7. The first-order chi connectivity index (χ1) is 15.5. The molecule has 3 aromatic rings. The lowest BCUT2D eigenvalue weighted by Gasteiger charge is -2.41. The second-order valence-corrected chi connectivity index (χ2v) is 9.40. The fraction of sp³-hybridized carbons (Fsp3) is 0.346. The topological polar surface area (TPSA) is 48.3 Å². The standard InChI is InChI=1S/C26H27Cl2N3O/c1-31-11-9-26(10-12-31,20-7-8-23(27)24(28)14-20)17-30-16-22-21-6-4-3-5-18(21)13-19(15-29)25(22)32-2/h3-8,13-14,30H,9-12,16-17H2,1-2H3. The van der Waals surface area contributed by atoms with Crippen LogP contribution in [-0.2, 0) is 12.0 Å². The van der Waals surface area contributed by atoms with Crippen LogP contribution in [0, 0.1) is 11.3 Å². The minimum Gasteiger partial charge on any atom is -0.495 e. The molecule has 6 heteroatoms. The summed E-state index contributed by atoms with van der Waals surface area (Å²) < 4.78 is 5.67. The van der Waals surface area contributed by atoms with Crippen LogP contribution in [0.15, 0.2) is 48.5 Å². The lowest BCUT2D eigenvalue weighted by molar-refractivity contribution is 0.183. The van der Waals surface area contributed by atoms with Crippen LogP contribution in [0.2, 0.25) is 10.0 Å². The zero-order chi connectivity index (χ0) is 22.7. The quantitative estimate of drug-likeness (QED) is 0.498. The third-order valence-electron chi connectivity index (χ3n) is 6.67. The number of methoxy groups -OCH3 is 1. The first-order valence-electron chi connectivity index (χ1n) is 10.8. The lowest BCUT2D eigenvalue weighted by atomic mass is 9.72. The molecule has 3 aromatic carbocycles. The van der Waals surface area contributed by atoms with Crippen molar-refractivity contribution in [2.24, 2.45) is 0 Å². The van der Waals surface area contributed by atoms with Gasteiger partial charge in [0.2, 0.25) is 0 Å². The predicted molar refractivity (Wildman–Crippen MR) is 132 cm³/mol. The minimum absolute atomic E-state index is 0.0311. The molecule has 4 nitrogen and oxygen atoms in total. The monoisotopic (exact) mass is 467 g/mol. The van der Waals surface area contributed by atoms with Crippen molar-refractivity contribution in [3.8, 4) is 11.8 Å². The van der Waals surface area contributed by atoms with E-state index < -0.39 is 0 Å². The fourth-order valence-electron chi connectivity index (χ4n) is 4.76. The van der Waals surface area contributed by atoms with Crippen molar-refractivity contribution in [2.75, 3.05) is 33.8 Å². The number of benzene rings is 3. The second-order valence-electron chi connectivity index (χ2n) is 8.58. The van der Waals surface area contributed by atoms with Gasteiger partial charge in [0.15, 0.2) is 0 Å². The van der Waals surface area contributed by atoms with Crippen LogP contribution >= 0.6 is 23.2 Å². The van der Waals surface area contributed by atoms with Gasteiger partial charge in [-0.1, -0.05) is 53.5 Å². The number of nitrogens with zero attached hydrogens (tertiary/aromatic N) is 2. The van der Waals surface area contributed by atoms with Crippen LogP contribution in [-0.4, -0.2) is 38.7 Å². The molecule has 0 atom stereocenters. The number of fused-ring (bicyclic) bond motifs is 1. The third-order valence-corrected chi connectivity index (χ3v) is 7.41. The highest BCUT2D eigenvalue weighted by Gasteiger charge is 2.35. The molecule has 0 spiro atoms. The Bertz CT molecular complexity index is 1160. The summed E-state index contributed by atoms with van der Waals surface area (Å²) in [5.74, 6) is 0.644. The average molecular weight is 468 g/mol. The van der Waals surface area contributed by atoms with Gasteiger partial charge in [-0.3, -0.25) is 0 Å². The maximum Gasteiger partial charge on any atom is 0.141 e. The molecule has 0 aromatic heterocycles. The number of piperidine rings is 1. The average Bonchev–Trinajstić information content (AvgIpc) is 2.81. The summed E-state index contributed by atoms with van der Waals surface area (Å²) in [7, 11) is 3.79. The highest BCUT2D eigenvalue weighted by atomic mass is 35.5. The second kappa shape index (κ2) is 9.68. The van der Waals surface area contributed by atoms with Gasteiger partial charge in [0, 0.05) is 24.1 Å². The summed E-state index contributed by atoms with van der Waals surface area (Å²) in [4.78, 5) is 2.36. The Balaban J connectivity index is 1.65. The Morgan fingerprint density at radius 3 is 2.53 bits per heavy atom. The van der Waals surface area contributed by atoms with Crippen molar-refractivity contribution in [3.05, 3.63) is 75.3 Å². The lowest BCUT2D eigenvalue weighted by Crippen LogP contribution is -2.46. The molecule has 4 rings (SSSR count). The van der Waals surface area contributed by atoms with Crippen molar-refractivity contribution in [3.63, 3.8) is 0 Å². The number of hydrogen-bond donors (Lipinski definition) is 1. The Kier molecular flexibility index (Phi) is 6.93. The number of hydrogen-bond acceptors (Lipinski definition) is 4. The van der Waals surface area contributed by atoms with Crippen LogP contribution in [0.5, 0.6) is 5.75 Å². The molecule has 0 unspecified atom stereocenters. The summed E-state index contributed by atoms with van der Waals surface area (Å²) >= 11 is 12.6. The van der Waals surface area contributed by atoms with Crippen molar-refractivity contribution < 1.29 is 4.74 Å². The van der Waals surface area contributed by atoms with Gasteiger partial charge in [0.25, 0.3) is 0 Å². The van der Waals surface area contributed by atoms with Crippen LogP contribution in [0.3, 0.4) is 0 Å². The molecule has 0 saturated carbocycles. The van der Waals surface area contributed by atoms with E-state index in [-0.39, 0.29) is 5.41 Å². The van der Waals surface area contributed by atoms with Gasteiger partial charge in [-0.25, -0.2) is 0 Å². The first-order valence-corrected chi connectivity index (χ1v) is 11.6. The van der Waals surface area contributed by atoms with Gasteiger partial charge in [-0.2, -0.15) is 5.26 Å². The molecule has 1 N–H and O–H groups in total. The van der Waals surface area contributed by atoms with Crippen LogP contribution in [0.4, 0.5) is 0 Å². The van der Waals surface area contributed by atoms with E-state index in [0.717, 1.165) is 48.8 Å². The maximum atomic E-state index is 9.65. The van der Waals surface area contributed by atoms with Crippen LogP contribution in [0.1, 0.15) is 29.5 Å². The number of likely N-dealkylation sites (tertiary alicyclic amines) is 1. The summed E-state index contributed by atoms with van der Waals surface area (Å²) in [6.45, 7) is 3.46. The third kappa shape index (κ3) is 4.44. The molecule has 0 amide bonds. The summed E-state index contributed by atoms with van der Waals surface area (Å²) in [6, 6.07) is 18.3. The van der Waals surface area contributed by atoms with E-state index in [0.29, 0.717) is 27.9 Å². The number of ether oxygens (including phenoxy) is 1. The number of nitrogens with one attached hydrogen (secondary N) is 1. The molecular formula is C26H27Cl2N3O. The van der Waals surface area contributed by atoms with E-state index in [2.05, 4.69) is 35.5 Å². The Hall–Kier alpha value is -2.29. The Morgan fingerprint density at radius 1 is 1.09 bits per heavy atom. The van der Waals surface area contributed by atoms with Crippen LogP contribution in [0.25, 0.3) is 10.8 Å². The largest absolute Gasteiger partial charge is 0.495 e. The number of rotatable bonds is 6. The summed E-state index contributed by atoms with van der Waals surface area (Å²) in [5.41, 5.74) is 2.76. The van der Waals surface area contributed by atoms with Crippen LogP contribution < -0.4 is 10.1 Å². The van der Waals surface area contributed by atoms with E-state index in [9.17, 15) is 5.26 Å². The van der Waals surface area contributed by atoms with E-state index >= 15 is 0 Å². The molecule has 166 valence electrons. The van der Waals surface area contributed by atoms with E-state index in [1.807, 2.05) is 36.4 Å². The van der Waals surface area contributed by atoms with Gasteiger partial charge in [-0.15, -0.1) is 0 Å². The highest BCUT2D eigenvalue weighted by molar-refractivity contribution is 6.42. The van der Waals surface area contributed by atoms with E-state index in [4.69, 9.17) is 27.9 Å². The SMILES string of the molecule is COc1c(C#N)cc2ccccc2c1CNCC1(c2ccc(Cl)c(Cl)c2)CCN(C)CC1. The molecule has 32 heavy (non-hydrogen) atoms. The number of halogens is 2. The number of nitriles is 1. The smallest absolute Gasteiger partial charge is 0.141 e. The maximum absolute atomic E-state index is 9.65. The zero-order valence-corrected chi connectivity index (χ0v) is 19.9. The zero-order valence-electron chi connectivity index (χ0n) is 18.4. The predicted octanol–water partition coefficient (Wildman–Crippen LogP) is 5.78. The van der Waals surface area contributed by atoms with Crippen molar-refractivity contribution in [2.45, 2.75) is 24.8 Å².